The first-order valence-corrected chi connectivity index (χ1v) is 8.08. The number of rotatable bonds is 5. The number of sulfonamides is 1. The van der Waals surface area contributed by atoms with Gasteiger partial charge in [0.1, 0.15) is 11.6 Å². The van der Waals surface area contributed by atoms with E-state index in [1.54, 1.807) is 24.3 Å². The van der Waals surface area contributed by atoms with Crippen LogP contribution in [-0.2, 0) is 14.8 Å². The molecular weight excluding hydrogens is 326 g/mol. The average molecular weight is 340 g/mol. The van der Waals surface area contributed by atoms with Gasteiger partial charge < -0.3 is 5.32 Å². The summed E-state index contributed by atoms with van der Waals surface area (Å²) >= 11 is 0. The zero-order valence-corrected chi connectivity index (χ0v) is 13.0. The fourth-order valence-electron chi connectivity index (χ4n) is 1.81. The van der Waals surface area contributed by atoms with Gasteiger partial charge in [0, 0.05) is 5.69 Å². The van der Waals surface area contributed by atoms with Crippen molar-refractivity contribution in [1.29, 1.82) is 0 Å². The Kier molecular flexibility index (Phi) is 5.07. The third kappa shape index (κ3) is 4.33. The first kappa shape index (κ1) is 17.0. The molecule has 0 aliphatic carbocycles. The number of hydrogen-bond donors (Lipinski definition) is 2. The average Bonchev–Trinajstić information content (AvgIpc) is 2.47. The largest absolute Gasteiger partial charge is 0.325 e. The van der Waals surface area contributed by atoms with Crippen molar-refractivity contribution in [2.24, 2.45) is 0 Å². The maximum atomic E-state index is 13.5. The Morgan fingerprint density at radius 1 is 1.04 bits per heavy atom. The fourth-order valence-corrected chi connectivity index (χ4v) is 2.93. The summed E-state index contributed by atoms with van der Waals surface area (Å²) in [5, 5.41) is 2.47. The van der Waals surface area contributed by atoms with Gasteiger partial charge in [-0.25, -0.2) is 21.9 Å². The van der Waals surface area contributed by atoms with Crippen LogP contribution in [0.3, 0.4) is 0 Å². The molecule has 0 atom stereocenters. The molecule has 122 valence electrons. The van der Waals surface area contributed by atoms with E-state index in [-0.39, 0.29) is 0 Å². The summed E-state index contributed by atoms with van der Waals surface area (Å²) in [5.74, 6) is -3.11. The number of nitrogens with one attached hydrogen (secondary N) is 2. The van der Waals surface area contributed by atoms with Crippen molar-refractivity contribution in [2.45, 2.75) is 11.8 Å². The molecule has 8 heteroatoms. The van der Waals surface area contributed by atoms with Crippen LogP contribution in [0.25, 0.3) is 0 Å². The van der Waals surface area contributed by atoms with Crippen molar-refractivity contribution >= 4 is 21.6 Å². The highest BCUT2D eigenvalue weighted by molar-refractivity contribution is 7.89. The van der Waals surface area contributed by atoms with Gasteiger partial charge in [0.05, 0.1) is 6.54 Å². The Morgan fingerprint density at radius 3 is 2.17 bits per heavy atom. The topological polar surface area (TPSA) is 75.3 Å². The van der Waals surface area contributed by atoms with E-state index in [1.807, 2.05) is 11.6 Å². The summed E-state index contributed by atoms with van der Waals surface area (Å²) in [7, 11) is -4.48. The highest BCUT2D eigenvalue weighted by Gasteiger charge is 2.24. The lowest BCUT2D eigenvalue weighted by atomic mass is 10.2. The van der Waals surface area contributed by atoms with Gasteiger partial charge in [0.25, 0.3) is 0 Å². The van der Waals surface area contributed by atoms with Crippen molar-refractivity contribution in [3.63, 3.8) is 0 Å². The van der Waals surface area contributed by atoms with Crippen molar-refractivity contribution in [3.05, 3.63) is 59.7 Å². The van der Waals surface area contributed by atoms with E-state index < -0.39 is 39.0 Å². The lowest BCUT2D eigenvalue weighted by molar-refractivity contribution is -0.115. The molecule has 0 aromatic heterocycles. The minimum atomic E-state index is -4.48. The number of hydrogen-bond acceptors (Lipinski definition) is 3. The molecule has 0 saturated heterocycles. The molecule has 2 aromatic carbocycles. The molecule has 2 aromatic rings. The predicted molar refractivity (Wildman–Crippen MR) is 81.4 cm³/mol. The molecule has 0 fully saturated rings. The maximum absolute atomic E-state index is 13.5. The number of carbonyl (C=O) groups is 1. The predicted octanol–water partition coefficient (Wildman–Crippen LogP) is 2.19. The Bertz CT molecular complexity index is 801. The van der Waals surface area contributed by atoms with Crippen molar-refractivity contribution in [3.8, 4) is 0 Å². The third-order valence-electron chi connectivity index (χ3n) is 2.95. The number of halogens is 2. The van der Waals surface area contributed by atoms with E-state index in [0.717, 1.165) is 23.8 Å². The zero-order chi connectivity index (χ0) is 17.0. The summed E-state index contributed by atoms with van der Waals surface area (Å²) in [5.41, 5.74) is 1.48. The molecule has 0 saturated carbocycles. The monoisotopic (exact) mass is 340 g/mol. The Hall–Kier alpha value is -2.32. The number of anilines is 1. The first-order valence-electron chi connectivity index (χ1n) is 6.60. The minimum Gasteiger partial charge on any atom is -0.325 e. The van der Waals surface area contributed by atoms with Gasteiger partial charge >= 0.3 is 0 Å². The van der Waals surface area contributed by atoms with E-state index >= 15 is 0 Å². The summed E-state index contributed by atoms with van der Waals surface area (Å²) in [6.45, 7) is 1.23. The molecule has 0 radical (unpaired) electrons. The smallest absolute Gasteiger partial charge is 0.246 e. The molecule has 2 N–H and O–H groups in total. The zero-order valence-electron chi connectivity index (χ0n) is 12.1. The van der Waals surface area contributed by atoms with Crippen LogP contribution in [0.4, 0.5) is 14.5 Å². The molecule has 1 amide bonds. The van der Waals surface area contributed by atoms with Crippen LogP contribution in [0.15, 0.2) is 47.4 Å². The second-order valence-electron chi connectivity index (χ2n) is 4.79. The molecule has 23 heavy (non-hydrogen) atoms. The van der Waals surface area contributed by atoms with Crippen LogP contribution in [0, 0.1) is 18.6 Å². The Labute approximate surface area is 132 Å². The van der Waals surface area contributed by atoms with Gasteiger partial charge in [-0.1, -0.05) is 23.8 Å². The van der Waals surface area contributed by atoms with Gasteiger partial charge in [0.2, 0.25) is 15.9 Å². The second kappa shape index (κ2) is 6.84. The highest BCUT2D eigenvalue weighted by Crippen LogP contribution is 2.17. The quantitative estimate of drug-likeness (QED) is 0.876. The highest BCUT2D eigenvalue weighted by atomic mass is 32.2. The van der Waals surface area contributed by atoms with Crippen LogP contribution >= 0.6 is 0 Å². The number of aryl methyl sites for hydroxylation is 1. The van der Waals surface area contributed by atoms with Gasteiger partial charge in [-0.15, -0.1) is 0 Å². The molecule has 0 aliphatic heterocycles. The van der Waals surface area contributed by atoms with E-state index in [1.165, 1.54) is 0 Å². The Morgan fingerprint density at radius 2 is 1.61 bits per heavy atom. The van der Waals surface area contributed by atoms with Crippen LogP contribution in [0.5, 0.6) is 0 Å². The first-order chi connectivity index (χ1) is 10.8. The summed E-state index contributed by atoms with van der Waals surface area (Å²) in [6.07, 6.45) is 0. The molecule has 0 heterocycles. The van der Waals surface area contributed by atoms with E-state index in [2.05, 4.69) is 5.32 Å². The number of amides is 1. The SMILES string of the molecule is Cc1ccc(NC(=O)CNS(=O)(=O)c2c(F)cccc2F)cc1. The summed E-state index contributed by atoms with van der Waals surface area (Å²) in [6, 6.07) is 9.54. The molecule has 5 nitrogen and oxygen atoms in total. The van der Waals surface area contributed by atoms with Gasteiger partial charge in [0.15, 0.2) is 4.90 Å². The lowest BCUT2D eigenvalue weighted by Crippen LogP contribution is -2.33. The molecule has 0 aliphatic rings. The number of benzene rings is 2. The van der Waals surface area contributed by atoms with Crippen LogP contribution in [-0.4, -0.2) is 20.9 Å². The van der Waals surface area contributed by atoms with E-state index in [4.69, 9.17) is 0 Å². The Balaban J connectivity index is 2.04. The fraction of sp³-hybridized carbons (Fsp3) is 0.133. The molecular formula is C15H14F2N2O3S. The third-order valence-corrected chi connectivity index (χ3v) is 4.40. The van der Waals surface area contributed by atoms with Crippen molar-refractivity contribution < 1.29 is 22.0 Å². The summed E-state index contributed by atoms with van der Waals surface area (Å²) < 4.78 is 52.7. The molecule has 0 bridgehead atoms. The van der Waals surface area contributed by atoms with Gasteiger partial charge in [-0.2, -0.15) is 0 Å². The molecule has 2 rings (SSSR count). The van der Waals surface area contributed by atoms with E-state index in [9.17, 15) is 22.0 Å². The number of carbonyl (C=O) groups excluding carboxylic acids is 1. The van der Waals surface area contributed by atoms with Gasteiger partial charge in [-0.05, 0) is 31.2 Å². The van der Waals surface area contributed by atoms with Crippen LogP contribution in [0.2, 0.25) is 0 Å². The summed E-state index contributed by atoms with van der Waals surface area (Å²) in [4.78, 5) is 10.6. The van der Waals surface area contributed by atoms with Crippen molar-refractivity contribution in [1.82, 2.24) is 4.72 Å². The standard InChI is InChI=1S/C15H14F2N2O3S/c1-10-5-7-11(8-6-10)19-14(20)9-18-23(21,22)15-12(16)3-2-4-13(15)17/h2-8,18H,9H2,1H3,(H,19,20). The molecule has 0 unspecified atom stereocenters. The normalized spacial score (nSPS) is 11.3. The van der Waals surface area contributed by atoms with Crippen molar-refractivity contribution in [2.75, 3.05) is 11.9 Å². The molecule has 0 spiro atoms. The van der Waals surface area contributed by atoms with E-state index in [0.29, 0.717) is 5.69 Å². The van der Waals surface area contributed by atoms with Gasteiger partial charge in [-0.3, -0.25) is 4.79 Å². The van der Waals surface area contributed by atoms with Crippen LogP contribution in [0.1, 0.15) is 5.56 Å². The lowest BCUT2D eigenvalue weighted by Gasteiger charge is -2.09. The second-order valence-corrected chi connectivity index (χ2v) is 6.49. The maximum Gasteiger partial charge on any atom is 0.246 e. The minimum absolute atomic E-state index is 0.483. The van der Waals surface area contributed by atoms with Crippen LogP contribution < -0.4 is 10.0 Å².